The van der Waals surface area contributed by atoms with E-state index in [1.54, 1.807) is 17.8 Å². The molecule has 2 fully saturated rings. The zero-order valence-corrected chi connectivity index (χ0v) is 14.2. The van der Waals surface area contributed by atoms with Crippen LogP contribution in [0.2, 0.25) is 10.0 Å². The van der Waals surface area contributed by atoms with Crippen LogP contribution < -0.4 is 0 Å². The molecule has 114 valence electrons. The van der Waals surface area contributed by atoms with E-state index < -0.39 is 0 Å². The van der Waals surface area contributed by atoms with Gasteiger partial charge in [0, 0.05) is 33.8 Å². The Balaban J connectivity index is 1.80. The summed E-state index contributed by atoms with van der Waals surface area (Å²) < 4.78 is 0. The maximum absolute atomic E-state index is 12.8. The number of nitrogens with zero attached hydrogens (tertiary/aromatic N) is 1. The Morgan fingerprint density at radius 2 is 1.95 bits per heavy atom. The Bertz CT molecular complexity index is 531. The largest absolute Gasteiger partial charge is 0.325 e. The SMILES string of the molecule is O=C(C1CCCCC1)N1CCS[C@@H]1c1ccc(Cl)cc1Cl. The van der Waals surface area contributed by atoms with Gasteiger partial charge in [0.1, 0.15) is 5.37 Å². The average molecular weight is 344 g/mol. The normalized spacial score (nSPS) is 23.5. The van der Waals surface area contributed by atoms with E-state index in [-0.39, 0.29) is 11.3 Å². The molecule has 1 aromatic rings. The summed E-state index contributed by atoms with van der Waals surface area (Å²) >= 11 is 14.1. The number of hydrogen-bond acceptors (Lipinski definition) is 2. The molecule has 1 aliphatic carbocycles. The highest BCUT2D eigenvalue weighted by Gasteiger charge is 2.35. The van der Waals surface area contributed by atoms with Crippen LogP contribution >= 0.6 is 35.0 Å². The van der Waals surface area contributed by atoms with Crippen molar-refractivity contribution in [1.29, 1.82) is 0 Å². The van der Waals surface area contributed by atoms with Crippen molar-refractivity contribution < 1.29 is 4.79 Å². The molecule has 0 unspecified atom stereocenters. The Kier molecular flexibility index (Phi) is 5.03. The second kappa shape index (κ2) is 6.80. The Labute approximate surface area is 140 Å². The van der Waals surface area contributed by atoms with Gasteiger partial charge in [-0.15, -0.1) is 11.8 Å². The number of amides is 1. The van der Waals surface area contributed by atoms with Crippen LogP contribution in [-0.4, -0.2) is 23.1 Å². The number of halogens is 2. The van der Waals surface area contributed by atoms with Crippen molar-refractivity contribution in [2.24, 2.45) is 5.92 Å². The predicted octanol–water partition coefficient (Wildman–Crippen LogP) is 5.15. The lowest BCUT2D eigenvalue weighted by Crippen LogP contribution is -2.36. The Morgan fingerprint density at radius 3 is 2.67 bits per heavy atom. The zero-order valence-electron chi connectivity index (χ0n) is 11.9. The highest BCUT2D eigenvalue weighted by atomic mass is 35.5. The van der Waals surface area contributed by atoms with Gasteiger partial charge in [-0.05, 0) is 25.0 Å². The minimum absolute atomic E-state index is 0.0455. The number of rotatable bonds is 2. The van der Waals surface area contributed by atoms with Gasteiger partial charge in [-0.1, -0.05) is 48.5 Å². The second-order valence-corrected chi connectivity index (χ2v) is 7.79. The molecule has 0 bridgehead atoms. The molecule has 0 radical (unpaired) electrons. The molecule has 1 aliphatic heterocycles. The number of thioether (sulfide) groups is 1. The monoisotopic (exact) mass is 343 g/mol. The summed E-state index contributed by atoms with van der Waals surface area (Å²) in [6, 6.07) is 5.57. The lowest BCUT2D eigenvalue weighted by Gasteiger charge is -2.30. The quantitative estimate of drug-likeness (QED) is 0.740. The number of carbonyl (C=O) groups is 1. The van der Waals surface area contributed by atoms with Crippen molar-refractivity contribution in [2.75, 3.05) is 12.3 Å². The summed E-state index contributed by atoms with van der Waals surface area (Å²) in [4.78, 5) is 14.8. The molecule has 0 N–H and O–H groups in total. The smallest absolute Gasteiger partial charge is 0.226 e. The van der Waals surface area contributed by atoms with E-state index in [9.17, 15) is 4.79 Å². The molecule has 3 rings (SSSR count). The molecular weight excluding hydrogens is 325 g/mol. The van der Waals surface area contributed by atoms with Crippen LogP contribution in [0.4, 0.5) is 0 Å². The Morgan fingerprint density at radius 1 is 1.19 bits per heavy atom. The minimum atomic E-state index is 0.0455. The van der Waals surface area contributed by atoms with Crippen LogP contribution in [0.1, 0.15) is 43.0 Å². The number of benzene rings is 1. The van der Waals surface area contributed by atoms with E-state index in [1.807, 2.05) is 17.0 Å². The van der Waals surface area contributed by atoms with E-state index in [4.69, 9.17) is 23.2 Å². The van der Waals surface area contributed by atoms with Crippen LogP contribution in [0.25, 0.3) is 0 Å². The van der Waals surface area contributed by atoms with Gasteiger partial charge in [0.15, 0.2) is 0 Å². The average Bonchev–Trinajstić information content (AvgIpc) is 2.96. The fraction of sp³-hybridized carbons (Fsp3) is 0.562. The molecule has 5 heteroatoms. The van der Waals surface area contributed by atoms with E-state index >= 15 is 0 Å². The van der Waals surface area contributed by atoms with Crippen LogP contribution in [0.15, 0.2) is 18.2 Å². The lowest BCUT2D eigenvalue weighted by atomic mass is 9.88. The van der Waals surface area contributed by atoms with E-state index in [0.29, 0.717) is 16.0 Å². The highest BCUT2D eigenvalue weighted by molar-refractivity contribution is 7.99. The van der Waals surface area contributed by atoms with Crippen molar-refractivity contribution in [3.8, 4) is 0 Å². The van der Waals surface area contributed by atoms with E-state index in [0.717, 1.165) is 30.7 Å². The molecule has 0 aromatic heterocycles. The topological polar surface area (TPSA) is 20.3 Å². The van der Waals surface area contributed by atoms with Crippen LogP contribution in [0.3, 0.4) is 0 Å². The first-order valence-corrected chi connectivity index (χ1v) is 9.34. The molecule has 1 heterocycles. The first kappa shape index (κ1) is 15.5. The lowest BCUT2D eigenvalue weighted by molar-refractivity contribution is -0.136. The zero-order chi connectivity index (χ0) is 14.8. The number of hydrogen-bond donors (Lipinski definition) is 0. The van der Waals surface area contributed by atoms with Crippen molar-refractivity contribution in [2.45, 2.75) is 37.5 Å². The predicted molar refractivity (Wildman–Crippen MR) is 89.9 cm³/mol. The second-order valence-electron chi connectivity index (χ2n) is 5.76. The molecule has 2 nitrogen and oxygen atoms in total. The maximum Gasteiger partial charge on any atom is 0.226 e. The van der Waals surface area contributed by atoms with Crippen LogP contribution in [-0.2, 0) is 4.79 Å². The molecule has 21 heavy (non-hydrogen) atoms. The van der Waals surface area contributed by atoms with Crippen LogP contribution in [0, 0.1) is 5.92 Å². The summed E-state index contributed by atoms with van der Waals surface area (Å²) in [6.07, 6.45) is 5.72. The third-order valence-electron chi connectivity index (χ3n) is 4.36. The Hall–Kier alpha value is -0.380. The fourth-order valence-electron chi connectivity index (χ4n) is 3.24. The van der Waals surface area contributed by atoms with Gasteiger partial charge < -0.3 is 4.90 Å². The van der Waals surface area contributed by atoms with Gasteiger partial charge in [-0.3, -0.25) is 4.79 Å². The summed E-state index contributed by atoms with van der Waals surface area (Å²) in [7, 11) is 0. The van der Waals surface area contributed by atoms with Gasteiger partial charge in [0.05, 0.1) is 0 Å². The third kappa shape index (κ3) is 3.35. The highest BCUT2D eigenvalue weighted by Crippen LogP contribution is 2.43. The van der Waals surface area contributed by atoms with Gasteiger partial charge in [-0.25, -0.2) is 0 Å². The van der Waals surface area contributed by atoms with Gasteiger partial charge in [0.25, 0.3) is 0 Å². The fourth-order valence-corrected chi connectivity index (χ4v) is 5.12. The molecule has 0 spiro atoms. The van der Waals surface area contributed by atoms with Crippen molar-refractivity contribution >= 4 is 40.9 Å². The summed E-state index contributed by atoms with van der Waals surface area (Å²) in [5.74, 6) is 1.50. The summed E-state index contributed by atoms with van der Waals surface area (Å²) in [5, 5.41) is 1.34. The first-order valence-electron chi connectivity index (χ1n) is 7.54. The summed E-state index contributed by atoms with van der Waals surface area (Å²) in [5.41, 5.74) is 1.01. The molecule has 1 amide bonds. The molecule has 1 saturated heterocycles. The molecule has 1 atom stereocenters. The summed E-state index contributed by atoms with van der Waals surface area (Å²) in [6.45, 7) is 0.823. The van der Waals surface area contributed by atoms with E-state index in [2.05, 4.69) is 0 Å². The van der Waals surface area contributed by atoms with Crippen molar-refractivity contribution in [3.05, 3.63) is 33.8 Å². The molecule has 2 aliphatic rings. The molecule has 1 aromatic carbocycles. The first-order chi connectivity index (χ1) is 10.2. The standard InChI is InChI=1S/C16H19Cl2NOS/c17-12-6-7-13(14(18)10-12)16-19(8-9-21-16)15(20)11-4-2-1-3-5-11/h6-7,10-11,16H,1-5,8-9H2/t16-/m1/s1. The van der Waals surface area contributed by atoms with Gasteiger partial charge in [-0.2, -0.15) is 0 Å². The molecular formula is C16H19Cl2NOS. The third-order valence-corrected chi connectivity index (χ3v) is 6.16. The van der Waals surface area contributed by atoms with Crippen molar-refractivity contribution in [1.82, 2.24) is 4.90 Å². The molecule has 1 saturated carbocycles. The van der Waals surface area contributed by atoms with Crippen LogP contribution in [0.5, 0.6) is 0 Å². The van der Waals surface area contributed by atoms with Gasteiger partial charge in [0.2, 0.25) is 5.91 Å². The van der Waals surface area contributed by atoms with E-state index in [1.165, 1.54) is 19.3 Å². The number of carbonyl (C=O) groups excluding carboxylic acids is 1. The maximum atomic E-state index is 12.8. The van der Waals surface area contributed by atoms with Crippen molar-refractivity contribution in [3.63, 3.8) is 0 Å². The minimum Gasteiger partial charge on any atom is -0.325 e. The van der Waals surface area contributed by atoms with Gasteiger partial charge >= 0.3 is 0 Å².